The average Bonchev–Trinajstić information content (AvgIpc) is 3.09. The SMILES string of the molecule is N#CCn1cnc(-c2ccc(F)cc2)c1-n1cccc1. The Hall–Kier alpha value is -2.87. The van der Waals surface area contributed by atoms with Gasteiger partial charge in [-0.25, -0.2) is 9.37 Å². The average molecular weight is 266 g/mol. The van der Waals surface area contributed by atoms with Crippen LogP contribution in [0.15, 0.2) is 55.1 Å². The molecule has 3 aromatic rings. The van der Waals surface area contributed by atoms with E-state index in [1.807, 2.05) is 29.1 Å². The van der Waals surface area contributed by atoms with Crippen LogP contribution in [0.2, 0.25) is 0 Å². The van der Waals surface area contributed by atoms with Gasteiger partial charge in [-0.15, -0.1) is 0 Å². The highest BCUT2D eigenvalue weighted by molar-refractivity contribution is 5.67. The lowest BCUT2D eigenvalue weighted by Gasteiger charge is -2.08. The van der Waals surface area contributed by atoms with Gasteiger partial charge >= 0.3 is 0 Å². The van der Waals surface area contributed by atoms with Gasteiger partial charge in [0.1, 0.15) is 23.9 Å². The number of nitrogens with zero attached hydrogens (tertiary/aromatic N) is 4. The minimum Gasteiger partial charge on any atom is -0.308 e. The van der Waals surface area contributed by atoms with E-state index in [0.717, 1.165) is 17.1 Å². The van der Waals surface area contributed by atoms with Gasteiger partial charge in [0.05, 0.1) is 12.4 Å². The molecule has 0 amide bonds. The monoisotopic (exact) mass is 266 g/mol. The van der Waals surface area contributed by atoms with Gasteiger partial charge in [0.25, 0.3) is 0 Å². The fraction of sp³-hybridized carbons (Fsp3) is 0.0667. The molecule has 98 valence electrons. The second kappa shape index (κ2) is 5.02. The Labute approximate surface area is 115 Å². The summed E-state index contributed by atoms with van der Waals surface area (Å²) in [5.74, 6) is 0.510. The standard InChI is InChI=1S/C15H11FN4/c16-13-5-3-12(4-6-13)14-15(19-8-1-2-9-19)20(10-7-17)11-18-14/h1-6,8-9,11H,10H2. The summed E-state index contributed by atoms with van der Waals surface area (Å²) < 4.78 is 16.7. The highest BCUT2D eigenvalue weighted by atomic mass is 19.1. The first-order valence-corrected chi connectivity index (χ1v) is 6.11. The van der Waals surface area contributed by atoms with Crippen molar-refractivity contribution in [1.29, 1.82) is 5.26 Å². The molecular formula is C15H11FN4. The van der Waals surface area contributed by atoms with E-state index in [4.69, 9.17) is 5.26 Å². The van der Waals surface area contributed by atoms with Crippen molar-refractivity contribution < 1.29 is 4.39 Å². The van der Waals surface area contributed by atoms with Crippen molar-refractivity contribution in [3.63, 3.8) is 0 Å². The number of imidazole rings is 1. The summed E-state index contributed by atoms with van der Waals surface area (Å²) in [6.45, 7) is 0.210. The van der Waals surface area contributed by atoms with Crippen LogP contribution in [0.1, 0.15) is 0 Å². The zero-order valence-corrected chi connectivity index (χ0v) is 10.6. The zero-order chi connectivity index (χ0) is 13.9. The second-order valence-corrected chi connectivity index (χ2v) is 4.30. The molecule has 2 heterocycles. The first-order chi connectivity index (χ1) is 9.79. The molecule has 0 spiro atoms. The number of nitriles is 1. The van der Waals surface area contributed by atoms with Crippen molar-refractivity contribution in [2.45, 2.75) is 6.54 Å². The molecule has 0 saturated heterocycles. The van der Waals surface area contributed by atoms with Gasteiger partial charge in [-0.3, -0.25) is 0 Å². The number of halogens is 1. The van der Waals surface area contributed by atoms with E-state index in [0.29, 0.717) is 0 Å². The number of hydrogen-bond acceptors (Lipinski definition) is 2. The summed E-state index contributed by atoms with van der Waals surface area (Å²) in [6.07, 6.45) is 5.40. The van der Waals surface area contributed by atoms with Gasteiger partial charge in [0.15, 0.2) is 0 Å². The molecule has 20 heavy (non-hydrogen) atoms. The molecule has 0 aliphatic heterocycles. The third-order valence-corrected chi connectivity index (χ3v) is 3.02. The Kier molecular flexibility index (Phi) is 3.05. The van der Waals surface area contributed by atoms with Crippen LogP contribution in [-0.2, 0) is 6.54 Å². The first-order valence-electron chi connectivity index (χ1n) is 6.11. The maximum absolute atomic E-state index is 13.0. The van der Waals surface area contributed by atoms with Gasteiger partial charge in [-0.2, -0.15) is 5.26 Å². The normalized spacial score (nSPS) is 10.4. The Morgan fingerprint density at radius 1 is 1.15 bits per heavy atom. The van der Waals surface area contributed by atoms with Crippen molar-refractivity contribution in [1.82, 2.24) is 14.1 Å². The quantitative estimate of drug-likeness (QED) is 0.731. The maximum atomic E-state index is 13.0. The van der Waals surface area contributed by atoms with Crippen LogP contribution < -0.4 is 0 Å². The highest BCUT2D eigenvalue weighted by Gasteiger charge is 2.14. The molecule has 0 bridgehead atoms. The van der Waals surface area contributed by atoms with E-state index in [-0.39, 0.29) is 12.4 Å². The van der Waals surface area contributed by atoms with E-state index >= 15 is 0 Å². The lowest BCUT2D eigenvalue weighted by atomic mass is 10.1. The van der Waals surface area contributed by atoms with Crippen molar-refractivity contribution in [2.24, 2.45) is 0 Å². The molecule has 1 aromatic carbocycles. The smallest absolute Gasteiger partial charge is 0.145 e. The van der Waals surface area contributed by atoms with Crippen LogP contribution in [-0.4, -0.2) is 14.1 Å². The molecule has 0 aliphatic carbocycles. The van der Waals surface area contributed by atoms with E-state index in [1.165, 1.54) is 12.1 Å². The summed E-state index contributed by atoms with van der Waals surface area (Å²) in [5.41, 5.74) is 1.53. The van der Waals surface area contributed by atoms with Crippen molar-refractivity contribution >= 4 is 0 Å². The van der Waals surface area contributed by atoms with Crippen LogP contribution in [0, 0.1) is 17.1 Å². The van der Waals surface area contributed by atoms with Crippen molar-refractivity contribution in [2.75, 3.05) is 0 Å². The number of benzene rings is 1. The van der Waals surface area contributed by atoms with E-state index in [9.17, 15) is 4.39 Å². The summed E-state index contributed by atoms with van der Waals surface area (Å²) >= 11 is 0. The summed E-state index contributed by atoms with van der Waals surface area (Å²) in [4.78, 5) is 4.36. The van der Waals surface area contributed by atoms with Gasteiger partial charge < -0.3 is 9.13 Å². The number of rotatable bonds is 3. The van der Waals surface area contributed by atoms with Crippen LogP contribution in [0.3, 0.4) is 0 Å². The third-order valence-electron chi connectivity index (χ3n) is 3.02. The lowest BCUT2D eigenvalue weighted by molar-refractivity contribution is 0.628. The molecule has 0 aliphatic rings. The molecule has 0 fully saturated rings. The minimum atomic E-state index is -0.285. The summed E-state index contributed by atoms with van der Waals surface area (Å²) in [6, 6.07) is 12.1. The molecule has 0 atom stereocenters. The zero-order valence-electron chi connectivity index (χ0n) is 10.6. The topological polar surface area (TPSA) is 46.5 Å². The molecule has 0 N–H and O–H groups in total. The molecule has 2 aromatic heterocycles. The molecular weight excluding hydrogens is 255 g/mol. The van der Waals surface area contributed by atoms with Crippen molar-refractivity contribution in [3.8, 4) is 23.1 Å². The largest absolute Gasteiger partial charge is 0.308 e. The minimum absolute atomic E-state index is 0.210. The van der Waals surface area contributed by atoms with Gasteiger partial charge in [0, 0.05) is 18.0 Å². The molecule has 0 unspecified atom stereocenters. The fourth-order valence-corrected chi connectivity index (χ4v) is 2.13. The second-order valence-electron chi connectivity index (χ2n) is 4.30. The van der Waals surface area contributed by atoms with Crippen molar-refractivity contribution in [3.05, 3.63) is 60.9 Å². The number of hydrogen-bond donors (Lipinski definition) is 0. The van der Waals surface area contributed by atoms with E-state index in [1.54, 1.807) is 23.0 Å². The Bertz CT molecular complexity index is 748. The molecule has 0 saturated carbocycles. The molecule has 4 nitrogen and oxygen atoms in total. The summed E-state index contributed by atoms with van der Waals surface area (Å²) in [7, 11) is 0. The Morgan fingerprint density at radius 2 is 1.85 bits per heavy atom. The fourth-order valence-electron chi connectivity index (χ4n) is 2.13. The van der Waals surface area contributed by atoms with Crippen LogP contribution in [0.5, 0.6) is 0 Å². The van der Waals surface area contributed by atoms with Gasteiger partial charge in [0.2, 0.25) is 0 Å². The maximum Gasteiger partial charge on any atom is 0.145 e. The molecule has 5 heteroatoms. The lowest BCUT2D eigenvalue weighted by Crippen LogP contribution is -2.03. The van der Waals surface area contributed by atoms with E-state index < -0.39 is 0 Å². The highest BCUT2D eigenvalue weighted by Crippen LogP contribution is 2.25. The molecule has 0 radical (unpaired) electrons. The van der Waals surface area contributed by atoms with Gasteiger partial charge in [-0.1, -0.05) is 0 Å². The third kappa shape index (κ3) is 2.08. The molecule has 3 rings (SSSR count). The first kappa shape index (κ1) is 12.2. The van der Waals surface area contributed by atoms with Crippen LogP contribution in [0.4, 0.5) is 4.39 Å². The van der Waals surface area contributed by atoms with E-state index in [2.05, 4.69) is 11.1 Å². The van der Waals surface area contributed by atoms with Gasteiger partial charge in [-0.05, 0) is 36.4 Å². The Balaban J connectivity index is 2.17. The predicted octanol–water partition coefficient (Wildman–Crippen LogP) is 3.00. The van der Waals surface area contributed by atoms with Crippen LogP contribution in [0.25, 0.3) is 17.1 Å². The predicted molar refractivity (Wildman–Crippen MR) is 72.6 cm³/mol. The Morgan fingerprint density at radius 3 is 2.50 bits per heavy atom. The van der Waals surface area contributed by atoms with Crippen LogP contribution >= 0.6 is 0 Å². The summed E-state index contributed by atoms with van der Waals surface area (Å²) in [5, 5.41) is 8.90. The number of aromatic nitrogens is 3.